The Bertz CT molecular complexity index is 658. The highest BCUT2D eigenvalue weighted by molar-refractivity contribution is 5.49. The normalized spacial score (nSPS) is 11.8. The van der Waals surface area contributed by atoms with Crippen LogP contribution in [0.3, 0.4) is 0 Å². The summed E-state index contributed by atoms with van der Waals surface area (Å²) in [6.07, 6.45) is 1.57. The minimum Gasteiger partial charge on any atom is -0.493 e. The average Bonchev–Trinajstić information content (AvgIpc) is 2.47. The third-order valence-electron chi connectivity index (χ3n) is 2.86. The third-order valence-corrected chi connectivity index (χ3v) is 2.86. The van der Waals surface area contributed by atoms with Crippen LogP contribution in [0.4, 0.5) is 5.69 Å². The van der Waals surface area contributed by atoms with Crippen molar-refractivity contribution in [3.8, 4) is 17.4 Å². The molecule has 7 heteroatoms. The van der Waals surface area contributed by atoms with Crippen LogP contribution < -0.4 is 15.2 Å². The molecule has 1 unspecified atom stereocenters. The second-order valence-corrected chi connectivity index (χ2v) is 4.41. The van der Waals surface area contributed by atoms with Gasteiger partial charge in [-0.25, -0.2) is 4.98 Å². The smallest absolute Gasteiger partial charge is 0.273 e. The molecule has 1 atom stereocenters. The molecule has 1 heterocycles. The lowest BCUT2D eigenvalue weighted by Gasteiger charge is -2.11. The van der Waals surface area contributed by atoms with Gasteiger partial charge in [-0.15, -0.1) is 0 Å². The summed E-state index contributed by atoms with van der Waals surface area (Å²) < 4.78 is 10.7. The summed E-state index contributed by atoms with van der Waals surface area (Å²) in [5.74, 6) is 0.901. The highest BCUT2D eigenvalue weighted by atomic mass is 16.6. The molecule has 2 rings (SSSR count). The lowest BCUT2D eigenvalue weighted by molar-refractivity contribution is -0.384. The Balaban J connectivity index is 2.35. The number of benzene rings is 1. The van der Waals surface area contributed by atoms with Crippen molar-refractivity contribution in [2.24, 2.45) is 5.73 Å². The van der Waals surface area contributed by atoms with Gasteiger partial charge in [0.05, 0.1) is 18.1 Å². The summed E-state index contributed by atoms with van der Waals surface area (Å²) in [5.41, 5.74) is 6.56. The van der Waals surface area contributed by atoms with Crippen molar-refractivity contribution in [1.29, 1.82) is 0 Å². The monoisotopic (exact) mass is 289 g/mol. The van der Waals surface area contributed by atoms with Gasteiger partial charge < -0.3 is 15.2 Å². The lowest BCUT2D eigenvalue weighted by Crippen LogP contribution is -2.05. The molecule has 1 aromatic heterocycles. The topological polar surface area (TPSA) is 101 Å². The highest BCUT2D eigenvalue weighted by Crippen LogP contribution is 2.34. The van der Waals surface area contributed by atoms with Gasteiger partial charge in [-0.3, -0.25) is 10.1 Å². The van der Waals surface area contributed by atoms with Crippen molar-refractivity contribution in [2.45, 2.75) is 13.0 Å². The number of methoxy groups -OCH3 is 1. The molecule has 0 radical (unpaired) electrons. The van der Waals surface area contributed by atoms with E-state index in [-0.39, 0.29) is 17.5 Å². The van der Waals surface area contributed by atoms with Crippen LogP contribution in [0, 0.1) is 10.1 Å². The van der Waals surface area contributed by atoms with Gasteiger partial charge in [-0.2, -0.15) is 0 Å². The van der Waals surface area contributed by atoms with Crippen LogP contribution in [0.15, 0.2) is 36.5 Å². The van der Waals surface area contributed by atoms with Gasteiger partial charge in [0.1, 0.15) is 0 Å². The van der Waals surface area contributed by atoms with Gasteiger partial charge in [0.25, 0.3) is 5.69 Å². The fraction of sp³-hybridized carbons (Fsp3) is 0.214. The minimum absolute atomic E-state index is 0.0888. The Morgan fingerprint density at radius 1 is 1.29 bits per heavy atom. The zero-order valence-electron chi connectivity index (χ0n) is 11.6. The van der Waals surface area contributed by atoms with Crippen LogP contribution in [0.2, 0.25) is 0 Å². The predicted molar refractivity (Wildman–Crippen MR) is 76.6 cm³/mol. The van der Waals surface area contributed by atoms with Crippen LogP contribution in [0.5, 0.6) is 17.4 Å². The fourth-order valence-electron chi connectivity index (χ4n) is 1.74. The van der Waals surface area contributed by atoms with Crippen molar-refractivity contribution in [3.63, 3.8) is 0 Å². The lowest BCUT2D eigenvalue weighted by atomic mass is 10.1. The molecule has 0 spiro atoms. The summed E-state index contributed by atoms with van der Waals surface area (Å²) in [5, 5.41) is 10.8. The second-order valence-electron chi connectivity index (χ2n) is 4.41. The average molecular weight is 289 g/mol. The summed E-state index contributed by atoms with van der Waals surface area (Å²) in [6, 6.07) is 7.41. The molecule has 0 aliphatic rings. The Morgan fingerprint density at radius 2 is 2.05 bits per heavy atom. The number of nitrogens with two attached hydrogens (primary N) is 1. The number of pyridine rings is 1. The standard InChI is InChI=1S/C14H15N3O4/c1-9(15)10-5-6-16-14(7-10)21-13-8-11(17(18)19)3-4-12(13)20-2/h3-9H,15H2,1-2H3. The first kappa shape index (κ1) is 14.7. The number of nitro benzene ring substituents is 1. The largest absolute Gasteiger partial charge is 0.493 e. The van der Waals surface area contributed by atoms with Gasteiger partial charge in [-0.1, -0.05) is 0 Å². The summed E-state index contributed by atoms with van der Waals surface area (Å²) in [6.45, 7) is 1.84. The zero-order valence-corrected chi connectivity index (χ0v) is 11.6. The summed E-state index contributed by atoms with van der Waals surface area (Å²) in [7, 11) is 1.46. The maximum absolute atomic E-state index is 10.8. The van der Waals surface area contributed by atoms with Gasteiger partial charge in [0.15, 0.2) is 11.5 Å². The zero-order chi connectivity index (χ0) is 15.4. The number of nitro groups is 1. The first-order valence-electron chi connectivity index (χ1n) is 6.23. The van der Waals surface area contributed by atoms with Gasteiger partial charge in [0.2, 0.25) is 5.88 Å². The molecule has 0 aliphatic carbocycles. The first-order chi connectivity index (χ1) is 10.0. The van der Waals surface area contributed by atoms with Gasteiger partial charge >= 0.3 is 0 Å². The van der Waals surface area contributed by atoms with E-state index in [1.807, 2.05) is 6.92 Å². The van der Waals surface area contributed by atoms with Crippen LogP contribution in [0.1, 0.15) is 18.5 Å². The molecule has 2 aromatic rings. The molecular weight excluding hydrogens is 274 g/mol. The quantitative estimate of drug-likeness (QED) is 0.671. The van der Waals surface area contributed by atoms with E-state index < -0.39 is 4.92 Å². The van der Waals surface area contributed by atoms with Crippen molar-refractivity contribution >= 4 is 5.69 Å². The van der Waals surface area contributed by atoms with E-state index in [9.17, 15) is 10.1 Å². The van der Waals surface area contributed by atoms with E-state index in [1.165, 1.54) is 25.3 Å². The van der Waals surface area contributed by atoms with E-state index in [0.717, 1.165) is 5.56 Å². The first-order valence-corrected chi connectivity index (χ1v) is 6.23. The van der Waals surface area contributed by atoms with Crippen LogP contribution in [-0.2, 0) is 0 Å². The van der Waals surface area contributed by atoms with Crippen molar-refractivity contribution in [1.82, 2.24) is 4.98 Å². The number of rotatable bonds is 5. The summed E-state index contributed by atoms with van der Waals surface area (Å²) >= 11 is 0. The Morgan fingerprint density at radius 3 is 2.67 bits per heavy atom. The number of nitrogens with zero attached hydrogens (tertiary/aromatic N) is 2. The molecule has 21 heavy (non-hydrogen) atoms. The number of non-ortho nitro benzene ring substituents is 1. The number of aromatic nitrogens is 1. The van der Waals surface area contributed by atoms with Gasteiger partial charge in [0, 0.05) is 24.4 Å². The van der Waals surface area contributed by atoms with E-state index >= 15 is 0 Å². The number of hydrogen-bond acceptors (Lipinski definition) is 6. The molecule has 0 aliphatic heterocycles. The van der Waals surface area contributed by atoms with E-state index in [0.29, 0.717) is 11.6 Å². The number of ether oxygens (including phenoxy) is 2. The molecule has 1 aromatic carbocycles. The Hall–Kier alpha value is -2.67. The molecule has 7 nitrogen and oxygen atoms in total. The predicted octanol–water partition coefficient (Wildman–Crippen LogP) is 2.81. The SMILES string of the molecule is COc1ccc([N+](=O)[O-])cc1Oc1cc(C(C)N)ccn1. The van der Waals surface area contributed by atoms with Crippen molar-refractivity contribution in [3.05, 3.63) is 52.2 Å². The molecule has 0 saturated heterocycles. The molecule has 0 amide bonds. The molecule has 2 N–H and O–H groups in total. The second kappa shape index (κ2) is 6.19. The van der Waals surface area contributed by atoms with Crippen LogP contribution in [0.25, 0.3) is 0 Å². The van der Waals surface area contributed by atoms with E-state index in [1.54, 1.807) is 18.3 Å². The molecule has 0 bridgehead atoms. The Labute approximate surface area is 121 Å². The van der Waals surface area contributed by atoms with Crippen LogP contribution >= 0.6 is 0 Å². The molecule has 0 saturated carbocycles. The van der Waals surface area contributed by atoms with Gasteiger partial charge in [-0.05, 0) is 24.6 Å². The third kappa shape index (κ3) is 3.46. The number of hydrogen-bond donors (Lipinski definition) is 1. The highest BCUT2D eigenvalue weighted by Gasteiger charge is 2.14. The fourth-order valence-corrected chi connectivity index (χ4v) is 1.74. The van der Waals surface area contributed by atoms with Crippen molar-refractivity contribution in [2.75, 3.05) is 7.11 Å². The van der Waals surface area contributed by atoms with Crippen LogP contribution in [-0.4, -0.2) is 17.0 Å². The van der Waals surface area contributed by atoms with E-state index in [2.05, 4.69) is 4.98 Å². The van der Waals surface area contributed by atoms with E-state index in [4.69, 9.17) is 15.2 Å². The van der Waals surface area contributed by atoms with Crippen molar-refractivity contribution < 1.29 is 14.4 Å². The summed E-state index contributed by atoms with van der Waals surface area (Å²) in [4.78, 5) is 14.4. The molecular formula is C14H15N3O4. The minimum atomic E-state index is -0.502. The maximum atomic E-state index is 10.8. The molecule has 0 fully saturated rings. The maximum Gasteiger partial charge on any atom is 0.273 e. The Kier molecular flexibility index (Phi) is 4.34. The molecule has 110 valence electrons.